The van der Waals surface area contributed by atoms with Gasteiger partial charge in [-0.25, -0.2) is 13.6 Å². The molecule has 23 heavy (non-hydrogen) atoms. The number of rotatable bonds is 5. The minimum Gasteiger partial charge on any atom is -0.497 e. The number of amides is 1. The number of esters is 1. The summed E-state index contributed by atoms with van der Waals surface area (Å²) in [6.07, 6.45) is 0. The van der Waals surface area contributed by atoms with E-state index in [4.69, 9.17) is 9.47 Å². The summed E-state index contributed by atoms with van der Waals surface area (Å²) in [5, 5.41) is 2.29. The van der Waals surface area contributed by atoms with Crippen molar-refractivity contribution in [3.8, 4) is 5.75 Å². The van der Waals surface area contributed by atoms with Gasteiger partial charge in [-0.1, -0.05) is 6.07 Å². The van der Waals surface area contributed by atoms with E-state index in [9.17, 15) is 18.4 Å². The fourth-order valence-corrected chi connectivity index (χ4v) is 1.74. The number of nitrogens with one attached hydrogen (secondary N) is 1. The van der Waals surface area contributed by atoms with E-state index in [0.717, 1.165) is 12.1 Å². The van der Waals surface area contributed by atoms with E-state index in [1.54, 1.807) is 12.1 Å². The Morgan fingerprint density at radius 1 is 1.09 bits per heavy atom. The lowest BCUT2D eigenvalue weighted by molar-refractivity contribution is -0.119. The second-order valence-corrected chi connectivity index (χ2v) is 4.49. The Bertz CT molecular complexity index is 734. The van der Waals surface area contributed by atoms with E-state index < -0.39 is 30.1 Å². The average Bonchev–Trinajstić information content (AvgIpc) is 2.56. The normalized spacial score (nSPS) is 10.0. The summed E-state index contributed by atoms with van der Waals surface area (Å²) < 4.78 is 35.6. The van der Waals surface area contributed by atoms with Gasteiger partial charge in [0.25, 0.3) is 5.91 Å². The van der Waals surface area contributed by atoms with Gasteiger partial charge in [0.05, 0.1) is 12.7 Å². The van der Waals surface area contributed by atoms with Crippen LogP contribution in [0.1, 0.15) is 10.4 Å². The van der Waals surface area contributed by atoms with Crippen LogP contribution in [-0.4, -0.2) is 25.6 Å². The number of carbonyl (C=O) groups is 2. The summed E-state index contributed by atoms with van der Waals surface area (Å²) in [7, 11) is 1.46. The molecule has 2 aromatic rings. The number of carbonyl (C=O) groups excluding carboxylic acids is 2. The number of benzene rings is 2. The number of anilines is 1. The van der Waals surface area contributed by atoms with Gasteiger partial charge in [-0.05, 0) is 30.3 Å². The summed E-state index contributed by atoms with van der Waals surface area (Å²) in [6, 6.07) is 9.15. The van der Waals surface area contributed by atoms with E-state index in [1.165, 1.54) is 25.3 Å². The molecule has 0 spiro atoms. The summed E-state index contributed by atoms with van der Waals surface area (Å²) in [5.41, 5.74) is 0.288. The summed E-state index contributed by atoms with van der Waals surface area (Å²) >= 11 is 0. The van der Waals surface area contributed by atoms with Crippen molar-refractivity contribution in [1.29, 1.82) is 0 Å². The average molecular weight is 321 g/mol. The van der Waals surface area contributed by atoms with Crippen LogP contribution in [0, 0.1) is 11.6 Å². The van der Waals surface area contributed by atoms with Crippen molar-refractivity contribution >= 4 is 17.6 Å². The quantitative estimate of drug-likeness (QED) is 0.860. The van der Waals surface area contributed by atoms with Gasteiger partial charge in [-0.15, -0.1) is 0 Å². The van der Waals surface area contributed by atoms with Gasteiger partial charge in [0.15, 0.2) is 18.2 Å². The Balaban J connectivity index is 1.90. The van der Waals surface area contributed by atoms with Crippen molar-refractivity contribution < 1.29 is 27.8 Å². The predicted octanol–water partition coefficient (Wildman–Crippen LogP) is 2.77. The maximum absolute atomic E-state index is 13.0. The van der Waals surface area contributed by atoms with E-state index in [0.29, 0.717) is 5.75 Å². The van der Waals surface area contributed by atoms with Crippen molar-refractivity contribution in [2.75, 3.05) is 19.0 Å². The van der Waals surface area contributed by atoms with E-state index in [1.807, 2.05) is 0 Å². The molecule has 0 fully saturated rings. The highest BCUT2D eigenvalue weighted by atomic mass is 19.2. The van der Waals surface area contributed by atoms with Crippen LogP contribution in [0.15, 0.2) is 42.5 Å². The molecule has 0 aliphatic heterocycles. The Morgan fingerprint density at radius 3 is 2.57 bits per heavy atom. The maximum Gasteiger partial charge on any atom is 0.338 e. The molecule has 0 aromatic heterocycles. The van der Waals surface area contributed by atoms with Crippen LogP contribution in [0.25, 0.3) is 0 Å². The first kappa shape index (κ1) is 16.4. The van der Waals surface area contributed by atoms with E-state index in [-0.39, 0.29) is 11.3 Å². The third kappa shape index (κ3) is 4.50. The largest absolute Gasteiger partial charge is 0.497 e. The number of halogens is 2. The lowest BCUT2D eigenvalue weighted by Gasteiger charge is -2.07. The van der Waals surface area contributed by atoms with Crippen LogP contribution in [0.3, 0.4) is 0 Å². The first-order chi connectivity index (χ1) is 11.0. The molecule has 2 aromatic carbocycles. The fourth-order valence-electron chi connectivity index (χ4n) is 1.74. The highest BCUT2D eigenvalue weighted by Gasteiger charge is 2.12. The Kier molecular flexibility index (Phi) is 5.24. The smallest absolute Gasteiger partial charge is 0.338 e. The standard InChI is InChI=1S/C16H13F2NO4/c1-22-12-4-2-3-10(7-12)16(21)23-9-15(20)19-11-5-6-13(17)14(18)8-11/h2-8H,9H2,1H3,(H,19,20). The van der Waals surface area contributed by atoms with Crippen molar-refractivity contribution in [2.45, 2.75) is 0 Å². The molecule has 5 nitrogen and oxygen atoms in total. The van der Waals surface area contributed by atoms with Crippen molar-refractivity contribution in [2.24, 2.45) is 0 Å². The van der Waals surface area contributed by atoms with Gasteiger partial charge in [0.1, 0.15) is 5.75 Å². The molecule has 0 aliphatic carbocycles. The minimum absolute atomic E-state index is 0.0614. The SMILES string of the molecule is COc1cccc(C(=O)OCC(=O)Nc2ccc(F)c(F)c2)c1. The number of hydrogen-bond donors (Lipinski definition) is 1. The molecule has 1 amide bonds. The van der Waals surface area contributed by atoms with Gasteiger partial charge in [0, 0.05) is 11.8 Å². The van der Waals surface area contributed by atoms with E-state index in [2.05, 4.69) is 5.32 Å². The Labute approximate surface area is 130 Å². The second-order valence-electron chi connectivity index (χ2n) is 4.49. The summed E-state index contributed by atoms with van der Waals surface area (Å²) in [5.74, 6) is -3.01. The number of methoxy groups -OCH3 is 1. The van der Waals surface area contributed by atoms with Crippen molar-refractivity contribution in [1.82, 2.24) is 0 Å². The third-order valence-electron chi connectivity index (χ3n) is 2.84. The molecule has 1 N–H and O–H groups in total. The van der Waals surface area contributed by atoms with Gasteiger partial charge < -0.3 is 14.8 Å². The molecule has 0 saturated heterocycles. The molecule has 7 heteroatoms. The van der Waals surface area contributed by atoms with Crippen molar-refractivity contribution in [3.63, 3.8) is 0 Å². The molecule has 0 unspecified atom stereocenters. The van der Waals surface area contributed by atoms with Gasteiger partial charge in [0.2, 0.25) is 0 Å². The van der Waals surface area contributed by atoms with Gasteiger partial charge in [-0.2, -0.15) is 0 Å². The van der Waals surface area contributed by atoms with Crippen LogP contribution in [0.5, 0.6) is 5.75 Å². The fraction of sp³-hybridized carbons (Fsp3) is 0.125. The second kappa shape index (κ2) is 7.35. The molecule has 0 radical (unpaired) electrons. The zero-order chi connectivity index (χ0) is 16.8. The van der Waals surface area contributed by atoms with E-state index >= 15 is 0 Å². The summed E-state index contributed by atoms with van der Waals surface area (Å²) in [6.45, 7) is -0.560. The number of ether oxygens (including phenoxy) is 2. The van der Waals surface area contributed by atoms with Crippen LogP contribution in [0.2, 0.25) is 0 Å². The molecular formula is C16H13F2NO4. The summed E-state index contributed by atoms with van der Waals surface area (Å²) in [4.78, 5) is 23.4. The third-order valence-corrected chi connectivity index (χ3v) is 2.84. The predicted molar refractivity (Wildman–Crippen MR) is 78.3 cm³/mol. The molecule has 2 rings (SSSR count). The molecular weight excluding hydrogens is 308 g/mol. The maximum atomic E-state index is 13.0. The lowest BCUT2D eigenvalue weighted by atomic mass is 10.2. The highest BCUT2D eigenvalue weighted by molar-refractivity contribution is 5.95. The van der Waals surface area contributed by atoms with Gasteiger partial charge in [-0.3, -0.25) is 4.79 Å². The van der Waals surface area contributed by atoms with Crippen LogP contribution < -0.4 is 10.1 Å². The monoisotopic (exact) mass is 321 g/mol. The van der Waals surface area contributed by atoms with Crippen molar-refractivity contribution in [3.05, 3.63) is 59.7 Å². The number of hydrogen-bond acceptors (Lipinski definition) is 4. The van der Waals surface area contributed by atoms with Crippen LogP contribution >= 0.6 is 0 Å². The molecule has 0 aliphatic rings. The molecule has 0 heterocycles. The zero-order valence-electron chi connectivity index (χ0n) is 12.1. The zero-order valence-corrected chi connectivity index (χ0v) is 12.1. The van der Waals surface area contributed by atoms with Crippen LogP contribution in [-0.2, 0) is 9.53 Å². The first-order valence-electron chi connectivity index (χ1n) is 6.55. The first-order valence-corrected chi connectivity index (χ1v) is 6.55. The van der Waals surface area contributed by atoms with Crippen LogP contribution in [0.4, 0.5) is 14.5 Å². The topological polar surface area (TPSA) is 64.6 Å². The minimum atomic E-state index is -1.09. The highest BCUT2D eigenvalue weighted by Crippen LogP contribution is 2.14. The molecule has 0 bridgehead atoms. The lowest BCUT2D eigenvalue weighted by Crippen LogP contribution is -2.21. The Hall–Kier alpha value is -2.96. The molecule has 0 atom stereocenters. The molecule has 0 saturated carbocycles. The Morgan fingerprint density at radius 2 is 1.87 bits per heavy atom. The van der Waals surface area contributed by atoms with Gasteiger partial charge >= 0.3 is 5.97 Å². The molecule has 120 valence electrons.